The molecule has 0 aliphatic carbocycles. The van der Waals surface area contributed by atoms with E-state index >= 15 is 0 Å². The van der Waals surface area contributed by atoms with Gasteiger partial charge in [-0.1, -0.05) is 0 Å². The van der Waals surface area contributed by atoms with Crippen LogP contribution in [0.3, 0.4) is 0 Å². The van der Waals surface area contributed by atoms with Gasteiger partial charge in [-0.25, -0.2) is 9.37 Å². The quantitative estimate of drug-likeness (QED) is 0.697. The summed E-state index contributed by atoms with van der Waals surface area (Å²) in [5, 5.41) is 5.86. The Kier molecular flexibility index (Phi) is 3.98. The molecule has 0 saturated heterocycles. The topological polar surface area (TPSA) is 42.0 Å². The number of nitrogens with one attached hydrogen (secondary N) is 1. The van der Waals surface area contributed by atoms with E-state index in [1.54, 1.807) is 24.3 Å². The fraction of sp³-hybridized carbons (Fsp3) is 0.0588. The van der Waals surface area contributed by atoms with Crippen LogP contribution in [0.5, 0.6) is 0 Å². The van der Waals surface area contributed by atoms with Gasteiger partial charge in [0.25, 0.3) is 0 Å². The molecule has 3 aromatic rings. The molecule has 0 unspecified atom stereocenters. The van der Waals surface area contributed by atoms with Gasteiger partial charge in [0.1, 0.15) is 5.82 Å². The van der Waals surface area contributed by atoms with Crippen molar-refractivity contribution in [2.75, 3.05) is 5.32 Å². The molecule has 3 nitrogen and oxygen atoms in total. The maximum Gasteiger partial charge on any atom is 0.187 e. The highest BCUT2D eigenvalue weighted by molar-refractivity contribution is 7.14. The number of anilines is 2. The van der Waals surface area contributed by atoms with E-state index in [4.69, 9.17) is 0 Å². The Morgan fingerprint density at radius 2 is 1.77 bits per heavy atom. The van der Waals surface area contributed by atoms with Gasteiger partial charge in [-0.3, -0.25) is 4.79 Å². The molecule has 0 spiro atoms. The van der Waals surface area contributed by atoms with Crippen LogP contribution in [0.1, 0.15) is 17.3 Å². The molecule has 110 valence electrons. The van der Waals surface area contributed by atoms with Crippen LogP contribution in [0.4, 0.5) is 15.2 Å². The first-order valence-corrected chi connectivity index (χ1v) is 7.59. The fourth-order valence-corrected chi connectivity index (χ4v) is 2.74. The zero-order chi connectivity index (χ0) is 15.5. The van der Waals surface area contributed by atoms with Crippen LogP contribution in [-0.4, -0.2) is 10.8 Å². The van der Waals surface area contributed by atoms with Crippen LogP contribution < -0.4 is 5.32 Å². The number of carbonyl (C=O) groups is 1. The van der Waals surface area contributed by atoms with E-state index in [1.807, 2.05) is 17.5 Å². The molecule has 0 aliphatic heterocycles. The zero-order valence-corrected chi connectivity index (χ0v) is 12.7. The first kappa shape index (κ1) is 14.4. The summed E-state index contributed by atoms with van der Waals surface area (Å²) < 4.78 is 12.9. The van der Waals surface area contributed by atoms with Crippen LogP contribution in [0, 0.1) is 5.82 Å². The Morgan fingerprint density at radius 3 is 2.41 bits per heavy atom. The maximum atomic E-state index is 12.9. The minimum atomic E-state index is -0.261. The second-order valence-corrected chi connectivity index (χ2v) is 5.66. The van der Waals surface area contributed by atoms with Gasteiger partial charge in [0.15, 0.2) is 10.9 Å². The number of thiazole rings is 1. The molecular formula is C17H13FN2OS. The predicted octanol–water partition coefficient (Wildman–Crippen LogP) is 4.90. The average molecular weight is 312 g/mol. The largest absolute Gasteiger partial charge is 0.332 e. The standard InChI is InChI=1S/C17H13FN2OS/c1-11(21)12-4-8-15(9-5-12)19-17-20-16(10-22-17)13-2-6-14(18)7-3-13/h2-10H,1H3,(H,19,20). The number of halogens is 1. The Balaban J connectivity index is 1.76. The highest BCUT2D eigenvalue weighted by Crippen LogP contribution is 2.27. The molecule has 0 bridgehead atoms. The van der Waals surface area contributed by atoms with Crippen LogP contribution >= 0.6 is 11.3 Å². The summed E-state index contributed by atoms with van der Waals surface area (Å²) >= 11 is 1.47. The lowest BCUT2D eigenvalue weighted by Gasteiger charge is -2.03. The highest BCUT2D eigenvalue weighted by atomic mass is 32.1. The van der Waals surface area contributed by atoms with Crippen LogP contribution in [-0.2, 0) is 0 Å². The lowest BCUT2D eigenvalue weighted by Crippen LogP contribution is -1.93. The molecule has 0 aliphatic rings. The summed E-state index contributed by atoms with van der Waals surface area (Å²) in [6.07, 6.45) is 0. The lowest BCUT2D eigenvalue weighted by atomic mass is 10.1. The van der Waals surface area contributed by atoms with Crippen LogP contribution in [0.2, 0.25) is 0 Å². The van der Waals surface area contributed by atoms with E-state index in [9.17, 15) is 9.18 Å². The molecule has 0 saturated carbocycles. The van der Waals surface area contributed by atoms with E-state index in [0.29, 0.717) is 5.56 Å². The number of rotatable bonds is 4. The van der Waals surface area contributed by atoms with E-state index in [2.05, 4.69) is 10.3 Å². The van der Waals surface area contributed by atoms with Gasteiger partial charge < -0.3 is 5.32 Å². The minimum absolute atomic E-state index is 0.0411. The molecule has 22 heavy (non-hydrogen) atoms. The van der Waals surface area contributed by atoms with Crippen molar-refractivity contribution in [3.05, 3.63) is 65.3 Å². The third kappa shape index (κ3) is 3.20. The summed E-state index contributed by atoms with van der Waals surface area (Å²) in [4.78, 5) is 15.7. The predicted molar refractivity (Wildman–Crippen MR) is 87.2 cm³/mol. The second kappa shape index (κ2) is 6.07. The number of nitrogens with zero attached hydrogens (tertiary/aromatic N) is 1. The summed E-state index contributed by atoms with van der Waals surface area (Å²) in [5.74, 6) is -0.220. The van der Waals surface area contributed by atoms with Crippen molar-refractivity contribution in [2.45, 2.75) is 6.92 Å². The van der Waals surface area contributed by atoms with Crippen molar-refractivity contribution in [1.29, 1.82) is 0 Å². The van der Waals surface area contributed by atoms with E-state index in [-0.39, 0.29) is 11.6 Å². The Bertz CT molecular complexity index is 794. The van der Waals surface area contributed by atoms with Crippen molar-refractivity contribution in [2.24, 2.45) is 0 Å². The second-order valence-electron chi connectivity index (χ2n) is 4.80. The number of carbonyl (C=O) groups excluding carboxylic acids is 1. The van der Waals surface area contributed by atoms with Crippen molar-refractivity contribution >= 4 is 27.9 Å². The maximum absolute atomic E-state index is 12.9. The minimum Gasteiger partial charge on any atom is -0.332 e. The summed E-state index contributed by atoms with van der Waals surface area (Å²) in [6, 6.07) is 13.5. The van der Waals surface area contributed by atoms with Crippen LogP contribution in [0.25, 0.3) is 11.3 Å². The van der Waals surface area contributed by atoms with E-state index in [1.165, 1.54) is 30.4 Å². The highest BCUT2D eigenvalue weighted by Gasteiger charge is 2.06. The van der Waals surface area contributed by atoms with Gasteiger partial charge in [0.2, 0.25) is 0 Å². The monoisotopic (exact) mass is 312 g/mol. The van der Waals surface area contributed by atoms with Gasteiger partial charge >= 0.3 is 0 Å². The normalized spacial score (nSPS) is 10.5. The average Bonchev–Trinajstić information content (AvgIpc) is 2.97. The van der Waals surface area contributed by atoms with Gasteiger partial charge in [-0.2, -0.15) is 0 Å². The molecule has 0 amide bonds. The SMILES string of the molecule is CC(=O)c1ccc(Nc2nc(-c3ccc(F)cc3)cs2)cc1. The molecule has 2 aromatic carbocycles. The molecule has 0 radical (unpaired) electrons. The summed E-state index contributed by atoms with van der Waals surface area (Å²) in [5.41, 5.74) is 3.21. The lowest BCUT2D eigenvalue weighted by molar-refractivity contribution is 0.101. The molecule has 1 heterocycles. The number of Topliss-reactive ketones (excluding diaryl/α,β-unsaturated/α-hetero) is 1. The van der Waals surface area contributed by atoms with Crippen molar-refractivity contribution in [3.63, 3.8) is 0 Å². The number of hydrogen-bond acceptors (Lipinski definition) is 4. The summed E-state index contributed by atoms with van der Waals surface area (Å²) in [7, 11) is 0. The third-order valence-electron chi connectivity index (χ3n) is 3.19. The Labute approximate surface area is 131 Å². The van der Waals surface area contributed by atoms with Gasteiger partial charge in [-0.05, 0) is 55.5 Å². The molecule has 3 rings (SSSR count). The number of ketones is 1. The Hall–Kier alpha value is -2.53. The van der Waals surface area contributed by atoms with E-state index in [0.717, 1.165) is 22.1 Å². The van der Waals surface area contributed by atoms with Gasteiger partial charge in [0.05, 0.1) is 5.69 Å². The molecule has 1 aromatic heterocycles. The molecule has 0 atom stereocenters. The van der Waals surface area contributed by atoms with Crippen molar-refractivity contribution in [3.8, 4) is 11.3 Å². The summed E-state index contributed by atoms with van der Waals surface area (Å²) in [6.45, 7) is 1.54. The first-order chi connectivity index (χ1) is 10.6. The molecule has 5 heteroatoms. The number of benzene rings is 2. The fourth-order valence-electron chi connectivity index (χ4n) is 2.00. The Morgan fingerprint density at radius 1 is 1.09 bits per heavy atom. The van der Waals surface area contributed by atoms with Crippen molar-refractivity contribution in [1.82, 2.24) is 4.98 Å². The van der Waals surface area contributed by atoms with Crippen LogP contribution in [0.15, 0.2) is 53.9 Å². The first-order valence-electron chi connectivity index (χ1n) is 6.71. The van der Waals surface area contributed by atoms with Gasteiger partial charge in [0, 0.05) is 22.2 Å². The third-order valence-corrected chi connectivity index (χ3v) is 3.94. The molecular weight excluding hydrogens is 299 g/mol. The number of hydrogen-bond donors (Lipinski definition) is 1. The number of aromatic nitrogens is 1. The smallest absolute Gasteiger partial charge is 0.187 e. The van der Waals surface area contributed by atoms with E-state index < -0.39 is 0 Å². The zero-order valence-electron chi connectivity index (χ0n) is 11.8. The molecule has 0 fully saturated rings. The molecule has 1 N–H and O–H groups in total. The van der Waals surface area contributed by atoms with Crippen molar-refractivity contribution < 1.29 is 9.18 Å². The van der Waals surface area contributed by atoms with Gasteiger partial charge in [-0.15, -0.1) is 11.3 Å².